The summed E-state index contributed by atoms with van der Waals surface area (Å²) in [5.41, 5.74) is 18.2. The summed E-state index contributed by atoms with van der Waals surface area (Å²) in [6.07, 6.45) is 0. The van der Waals surface area contributed by atoms with Crippen LogP contribution in [0.3, 0.4) is 0 Å². The van der Waals surface area contributed by atoms with Crippen LogP contribution in [0.1, 0.15) is 22.3 Å². The van der Waals surface area contributed by atoms with Gasteiger partial charge in [0.05, 0.1) is 16.8 Å². The third-order valence-corrected chi connectivity index (χ3v) is 12.6. The minimum absolute atomic E-state index is 0.511. The minimum atomic E-state index is -0.511. The highest BCUT2D eigenvalue weighted by Crippen LogP contribution is 2.65. The van der Waals surface area contributed by atoms with Crippen LogP contribution >= 0.6 is 0 Å². The Hall–Kier alpha value is -7.48. The van der Waals surface area contributed by atoms with Crippen molar-refractivity contribution in [2.45, 2.75) is 5.41 Å². The van der Waals surface area contributed by atoms with Crippen LogP contribution in [0.5, 0.6) is 0 Å². The molecule has 0 saturated heterocycles. The molecule has 0 radical (unpaired) electrons. The summed E-state index contributed by atoms with van der Waals surface area (Å²) in [5.74, 6) is 0. The molecule has 0 bridgehead atoms. The lowest BCUT2D eigenvalue weighted by atomic mass is 9.70. The molecule has 1 spiro atoms. The van der Waals surface area contributed by atoms with E-state index in [0.29, 0.717) is 0 Å². The third-order valence-electron chi connectivity index (χ3n) is 12.6. The second kappa shape index (κ2) is 12.8. The first kappa shape index (κ1) is 32.7. The van der Waals surface area contributed by atoms with Gasteiger partial charge in [-0.2, -0.15) is 0 Å². The van der Waals surface area contributed by atoms with Gasteiger partial charge in [-0.15, -0.1) is 0 Å². The second-order valence-corrected chi connectivity index (χ2v) is 15.6. The SMILES string of the molecule is c1ccc(-c2ccc(N(c3ccccc3)c3cc4c(c5ccccc35)-c3cc5ccccc5cc3C43c4ccccc4-c4ccccc43)c(-c3ccccc3)c2)cc1. The molecule has 0 aliphatic heterocycles. The average Bonchev–Trinajstić information content (AvgIpc) is 3.76. The molecule has 0 aromatic heterocycles. The zero-order valence-electron chi connectivity index (χ0n) is 31.8. The Morgan fingerprint density at radius 3 is 1.53 bits per heavy atom. The zero-order valence-corrected chi connectivity index (χ0v) is 31.8. The zero-order chi connectivity index (χ0) is 38.2. The summed E-state index contributed by atoms with van der Waals surface area (Å²) in [6, 6.07) is 83.2. The highest BCUT2D eigenvalue weighted by molar-refractivity contribution is 6.14. The lowest BCUT2D eigenvalue weighted by molar-refractivity contribution is 0.795. The normalized spacial score (nSPS) is 13.0. The Morgan fingerprint density at radius 2 is 0.845 bits per heavy atom. The summed E-state index contributed by atoms with van der Waals surface area (Å²) in [7, 11) is 0. The van der Waals surface area contributed by atoms with Crippen molar-refractivity contribution >= 4 is 38.6 Å². The number of benzene rings is 10. The van der Waals surface area contributed by atoms with Crippen LogP contribution in [-0.2, 0) is 5.41 Å². The molecule has 1 nitrogen and oxygen atoms in total. The fourth-order valence-electron chi connectivity index (χ4n) is 10.2. The van der Waals surface area contributed by atoms with Gasteiger partial charge in [-0.05, 0) is 120 Å². The van der Waals surface area contributed by atoms with Gasteiger partial charge in [0.2, 0.25) is 0 Å². The molecule has 0 amide bonds. The number of nitrogens with zero attached hydrogens (tertiary/aromatic N) is 1. The fraction of sp³-hybridized carbons (Fsp3) is 0.0175. The van der Waals surface area contributed by atoms with Gasteiger partial charge in [-0.3, -0.25) is 0 Å². The van der Waals surface area contributed by atoms with Gasteiger partial charge >= 0.3 is 0 Å². The van der Waals surface area contributed by atoms with Crippen LogP contribution in [0.15, 0.2) is 224 Å². The number of hydrogen-bond donors (Lipinski definition) is 0. The van der Waals surface area contributed by atoms with Crippen molar-refractivity contribution in [3.8, 4) is 44.5 Å². The molecule has 0 fully saturated rings. The molecule has 0 N–H and O–H groups in total. The maximum Gasteiger partial charge on any atom is 0.0726 e. The van der Waals surface area contributed by atoms with Crippen molar-refractivity contribution in [3.05, 3.63) is 247 Å². The molecular formula is C57H37N. The van der Waals surface area contributed by atoms with Gasteiger partial charge in [-0.25, -0.2) is 0 Å². The first-order chi connectivity index (χ1) is 28.8. The monoisotopic (exact) mass is 735 g/mol. The van der Waals surface area contributed by atoms with Gasteiger partial charge in [0.25, 0.3) is 0 Å². The van der Waals surface area contributed by atoms with E-state index >= 15 is 0 Å². The predicted octanol–water partition coefficient (Wildman–Crippen LogP) is 15.1. The Labute approximate surface area is 338 Å². The Kier molecular flexibility index (Phi) is 7.21. The number of para-hydroxylation sites is 1. The van der Waals surface area contributed by atoms with E-state index in [-0.39, 0.29) is 0 Å². The number of hydrogen-bond acceptors (Lipinski definition) is 1. The minimum Gasteiger partial charge on any atom is -0.309 e. The maximum absolute atomic E-state index is 2.55. The van der Waals surface area contributed by atoms with Crippen molar-refractivity contribution in [3.63, 3.8) is 0 Å². The summed E-state index contributed by atoms with van der Waals surface area (Å²) in [4.78, 5) is 2.51. The summed E-state index contributed by atoms with van der Waals surface area (Å²) >= 11 is 0. The summed E-state index contributed by atoms with van der Waals surface area (Å²) in [5, 5.41) is 4.99. The highest BCUT2D eigenvalue weighted by Gasteiger charge is 2.52. The van der Waals surface area contributed by atoms with Gasteiger partial charge in [0, 0.05) is 16.6 Å². The quantitative estimate of drug-likeness (QED) is 0.170. The van der Waals surface area contributed by atoms with E-state index in [1.165, 1.54) is 88.3 Å². The lowest BCUT2D eigenvalue weighted by Gasteiger charge is -2.34. The molecule has 12 rings (SSSR count). The van der Waals surface area contributed by atoms with E-state index in [4.69, 9.17) is 0 Å². The van der Waals surface area contributed by atoms with Crippen LogP contribution in [-0.4, -0.2) is 0 Å². The number of fused-ring (bicyclic) bond motifs is 13. The van der Waals surface area contributed by atoms with Gasteiger partial charge in [-0.1, -0.05) is 182 Å². The van der Waals surface area contributed by atoms with Crippen molar-refractivity contribution in [2.24, 2.45) is 0 Å². The van der Waals surface area contributed by atoms with Crippen LogP contribution in [0.2, 0.25) is 0 Å². The van der Waals surface area contributed by atoms with Gasteiger partial charge < -0.3 is 4.90 Å². The molecule has 10 aromatic rings. The molecule has 2 aliphatic rings. The number of anilines is 3. The Bertz CT molecular complexity index is 3170. The predicted molar refractivity (Wildman–Crippen MR) is 243 cm³/mol. The van der Waals surface area contributed by atoms with E-state index in [1.54, 1.807) is 0 Å². The molecule has 2 aliphatic carbocycles. The third kappa shape index (κ3) is 4.65. The van der Waals surface area contributed by atoms with E-state index in [2.05, 4.69) is 229 Å². The standard InChI is InChI=1S/C57H37N/c1-4-18-38(19-5-1)42-32-33-54(48(34-42)39-20-6-2-7-21-39)58(43-24-8-3-9-25-43)55-37-53-56(47-29-13-12-28-46(47)55)49-35-40-22-10-11-23-41(40)36-52(49)57(53)50-30-16-14-26-44(50)45-27-15-17-31-51(45)57/h1-37H. The Morgan fingerprint density at radius 1 is 0.293 bits per heavy atom. The van der Waals surface area contributed by atoms with E-state index in [0.717, 1.165) is 17.1 Å². The molecule has 270 valence electrons. The Balaban J connectivity index is 1.22. The van der Waals surface area contributed by atoms with Crippen LogP contribution < -0.4 is 4.90 Å². The molecule has 0 saturated carbocycles. The van der Waals surface area contributed by atoms with Gasteiger partial charge in [0.15, 0.2) is 0 Å². The molecular weight excluding hydrogens is 699 g/mol. The van der Waals surface area contributed by atoms with E-state index in [1.807, 2.05) is 0 Å². The topological polar surface area (TPSA) is 3.24 Å². The van der Waals surface area contributed by atoms with Crippen molar-refractivity contribution < 1.29 is 0 Å². The molecule has 0 unspecified atom stereocenters. The molecule has 10 aromatic carbocycles. The van der Waals surface area contributed by atoms with E-state index in [9.17, 15) is 0 Å². The smallest absolute Gasteiger partial charge is 0.0726 e. The van der Waals surface area contributed by atoms with Crippen molar-refractivity contribution in [1.29, 1.82) is 0 Å². The first-order valence-electron chi connectivity index (χ1n) is 20.2. The summed E-state index contributed by atoms with van der Waals surface area (Å²) in [6.45, 7) is 0. The molecule has 0 heterocycles. The molecule has 58 heavy (non-hydrogen) atoms. The molecule has 1 heteroatoms. The average molecular weight is 736 g/mol. The van der Waals surface area contributed by atoms with Crippen LogP contribution in [0.4, 0.5) is 17.1 Å². The summed E-state index contributed by atoms with van der Waals surface area (Å²) < 4.78 is 0. The van der Waals surface area contributed by atoms with E-state index < -0.39 is 5.41 Å². The first-order valence-corrected chi connectivity index (χ1v) is 20.2. The van der Waals surface area contributed by atoms with Crippen molar-refractivity contribution in [1.82, 2.24) is 0 Å². The second-order valence-electron chi connectivity index (χ2n) is 15.6. The van der Waals surface area contributed by atoms with Gasteiger partial charge in [0.1, 0.15) is 0 Å². The van der Waals surface area contributed by atoms with Crippen molar-refractivity contribution in [2.75, 3.05) is 4.90 Å². The van der Waals surface area contributed by atoms with Crippen LogP contribution in [0.25, 0.3) is 66.1 Å². The maximum atomic E-state index is 2.55. The van der Waals surface area contributed by atoms with Crippen LogP contribution in [0, 0.1) is 0 Å². The molecule has 0 atom stereocenters. The fourth-order valence-corrected chi connectivity index (χ4v) is 10.2. The lowest BCUT2D eigenvalue weighted by Crippen LogP contribution is -2.26. The largest absolute Gasteiger partial charge is 0.309 e. The number of rotatable bonds is 5. The highest BCUT2D eigenvalue weighted by atomic mass is 15.1.